The van der Waals surface area contributed by atoms with E-state index in [1.165, 1.54) is 13.4 Å². The number of aryl methyl sites for hydroxylation is 1. The number of rotatable bonds is 5. The molecule has 1 N–H and O–H groups in total. The van der Waals surface area contributed by atoms with Gasteiger partial charge in [-0.3, -0.25) is 10.00 Å². The summed E-state index contributed by atoms with van der Waals surface area (Å²) in [6.45, 7) is 0.436. The summed E-state index contributed by atoms with van der Waals surface area (Å²) < 4.78 is 6.48. The summed E-state index contributed by atoms with van der Waals surface area (Å²) >= 11 is 0. The molecule has 0 aliphatic rings. The van der Waals surface area contributed by atoms with Gasteiger partial charge in [-0.1, -0.05) is 30.3 Å². The molecule has 1 heterocycles. The molecule has 0 saturated heterocycles. The van der Waals surface area contributed by atoms with E-state index in [4.69, 9.17) is 4.74 Å². The number of methoxy groups -OCH3 is 1. The molecule has 2 aromatic rings. The zero-order valence-electron chi connectivity index (χ0n) is 10.9. The first-order valence-electron chi connectivity index (χ1n) is 5.91. The zero-order valence-corrected chi connectivity index (χ0v) is 10.9. The number of aromatic nitrogens is 3. The van der Waals surface area contributed by atoms with Crippen molar-refractivity contribution in [3.05, 3.63) is 48.0 Å². The molecule has 0 amide bonds. The van der Waals surface area contributed by atoms with Gasteiger partial charge in [0.15, 0.2) is 0 Å². The highest BCUT2D eigenvalue weighted by Gasteiger charge is 2.21. The van der Waals surface area contributed by atoms with Gasteiger partial charge in [0.05, 0.1) is 13.7 Å². The van der Waals surface area contributed by atoms with Crippen molar-refractivity contribution in [1.82, 2.24) is 20.1 Å². The fourth-order valence-electron chi connectivity index (χ4n) is 1.77. The molecule has 1 aromatic heterocycles. The number of carbonyl (C=O) groups is 1. The first kappa shape index (κ1) is 13.2. The second-order valence-electron chi connectivity index (χ2n) is 4.05. The van der Waals surface area contributed by atoms with E-state index in [0.29, 0.717) is 6.54 Å². The van der Waals surface area contributed by atoms with Crippen LogP contribution in [-0.4, -0.2) is 27.8 Å². The third-order valence-corrected chi connectivity index (χ3v) is 2.84. The van der Waals surface area contributed by atoms with E-state index in [1.807, 2.05) is 30.3 Å². The lowest BCUT2D eigenvalue weighted by Gasteiger charge is -2.16. The molecular weight excluding hydrogens is 244 g/mol. The Bertz CT molecular complexity index is 539. The van der Waals surface area contributed by atoms with Crippen LogP contribution >= 0.6 is 0 Å². The fraction of sp³-hybridized carbons (Fsp3) is 0.308. The molecule has 1 unspecified atom stereocenters. The van der Waals surface area contributed by atoms with Crippen LogP contribution in [0.25, 0.3) is 0 Å². The Morgan fingerprint density at radius 3 is 2.74 bits per heavy atom. The SMILES string of the molecule is COC(=O)C(NCc1ncnn1C)c1ccccc1. The predicted molar refractivity (Wildman–Crippen MR) is 69.0 cm³/mol. The highest BCUT2D eigenvalue weighted by Crippen LogP contribution is 2.14. The molecule has 1 aromatic carbocycles. The summed E-state index contributed by atoms with van der Waals surface area (Å²) in [4.78, 5) is 15.9. The van der Waals surface area contributed by atoms with Gasteiger partial charge < -0.3 is 4.74 Å². The predicted octanol–water partition coefficient (Wildman–Crippen LogP) is 0.819. The third-order valence-electron chi connectivity index (χ3n) is 2.84. The van der Waals surface area contributed by atoms with Crippen LogP contribution in [0.5, 0.6) is 0 Å². The second-order valence-corrected chi connectivity index (χ2v) is 4.05. The third kappa shape index (κ3) is 3.17. The molecule has 2 rings (SSSR count). The van der Waals surface area contributed by atoms with Crippen LogP contribution in [0.4, 0.5) is 0 Å². The molecular formula is C13H16N4O2. The van der Waals surface area contributed by atoms with E-state index in [0.717, 1.165) is 11.4 Å². The van der Waals surface area contributed by atoms with Gasteiger partial charge in [0.2, 0.25) is 0 Å². The van der Waals surface area contributed by atoms with E-state index in [1.54, 1.807) is 11.7 Å². The quantitative estimate of drug-likeness (QED) is 0.806. The van der Waals surface area contributed by atoms with Crippen molar-refractivity contribution in [1.29, 1.82) is 0 Å². The lowest BCUT2D eigenvalue weighted by atomic mass is 10.1. The number of nitrogens with zero attached hydrogens (tertiary/aromatic N) is 3. The average molecular weight is 260 g/mol. The highest BCUT2D eigenvalue weighted by molar-refractivity contribution is 5.77. The second kappa shape index (κ2) is 6.10. The van der Waals surface area contributed by atoms with Gasteiger partial charge in [-0.15, -0.1) is 0 Å². The topological polar surface area (TPSA) is 69.0 Å². The van der Waals surface area contributed by atoms with Crippen LogP contribution in [0.2, 0.25) is 0 Å². The molecule has 6 heteroatoms. The summed E-state index contributed by atoms with van der Waals surface area (Å²) in [5.41, 5.74) is 0.858. The van der Waals surface area contributed by atoms with Crippen LogP contribution < -0.4 is 5.32 Å². The van der Waals surface area contributed by atoms with Gasteiger partial charge in [-0.05, 0) is 5.56 Å². The molecule has 0 spiro atoms. The van der Waals surface area contributed by atoms with Crippen molar-refractivity contribution < 1.29 is 9.53 Å². The summed E-state index contributed by atoms with van der Waals surface area (Å²) in [5.74, 6) is 0.429. The van der Waals surface area contributed by atoms with E-state index in [-0.39, 0.29) is 5.97 Å². The van der Waals surface area contributed by atoms with Crippen LogP contribution in [0, 0.1) is 0 Å². The van der Waals surface area contributed by atoms with Crippen molar-refractivity contribution >= 4 is 5.97 Å². The standard InChI is InChI=1S/C13H16N4O2/c1-17-11(15-9-16-17)8-14-12(13(18)19-2)10-6-4-3-5-7-10/h3-7,9,12,14H,8H2,1-2H3. The smallest absolute Gasteiger partial charge is 0.327 e. The summed E-state index contributed by atoms with van der Waals surface area (Å²) in [6, 6.07) is 8.92. The van der Waals surface area contributed by atoms with E-state index < -0.39 is 6.04 Å². The fourth-order valence-corrected chi connectivity index (χ4v) is 1.77. The molecule has 0 radical (unpaired) electrons. The number of ether oxygens (including phenoxy) is 1. The van der Waals surface area contributed by atoms with Crippen molar-refractivity contribution in [2.24, 2.45) is 7.05 Å². The summed E-state index contributed by atoms with van der Waals surface area (Å²) in [7, 11) is 3.18. The van der Waals surface area contributed by atoms with E-state index in [2.05, 4.69) is 15.4 Å². The number of carbonyl (C=O) groups excluding carboxylic acids is 1. The number of hydrogen-bond acceptors (Lipinski definition) is 5. The van der Waals surface area contributed by atoms with Crippen LogP contribution in [0.3, 0.4) is 0 Å². The van der Waals surface area contributed by atoms with Gasteiger partial charge in [0.25, 0.3) is 0 Å². The zero-order chi connectivity index (χ0) is 13.7. The van der Waals surface area contributed by atoms with E-state index in [9.17, 15) is 4.79 Å². The number of esters is 1. The van der Waals surface area contributed by atoms with Crippen molar-refractivity contribution in [2.45, 2.75) is 12.6 Å². The lowest BCUT2D eigenvalue weighted by Crippen LogP contribution is -2.30. The largest absolute Gasteiger partial charge is 0.468 e. The molecule has 0 saturated carbocycles. The molecule has 0 aliphatic carbocycles. The first-order valence-corrected chi connectivity index (χ1v) is 5.91. The van der Waals surface area contributed by atoms with Crippen LogP contribution in [0.15, 0.2) is 36.7 Å². The van der Waals surface area contributed by atoms with Crippen molar-refractivity contribution in [3.63, 3.8) is 0 Å². The van der Waals surface area contributed by atoms with Crippen molar-refractivity contribution in [3.8, 4) is 0 Å². The van der Waals surface area contributed by atoms with Gasteiger partial charge in [-0.2, -0.15) is 5.10 Å². The number of hydrogen-bond donors (Lipinski definition) is 1. The molecule has 6 nitrogen and oxygen atoms in total. The highest BCUT2D eigenvalue weighted by atomic mass is 16.5. The molecule has 1 atom stereocenters. The summed E-state index contributed by atoms with van der Waals surface area (Å²) in [6.07, 6.45) is 1.48. The molecule has 100 valence electrons. The Morgan fingerprint density at radius 2 is 2.16 bits per heavy atom. The lowest BCUT2D eigenvalue weighted by molar-refractivity contribution is -0.143. The maximum Gasteiger partial charge on any atom is 0.327 e. The number of nitrogens with one attached hydrogen (secondary N) is 1. The maximum atomic E-state index is 11.8. The van der Waals surface area contributed by atoms with E-state index >= 15 is 0 Å². The molecule has 19 heavy (non-hydrogen) atoms. The Hall–Kier alpha value is -2.21. The Balaban J connectivity index is 2.11. The minimum Gasteiger partial charge on any atom is -0.468 e. The van der Waals surface area contributed by atoms with Gasteiger partial charge in [0, 0.05) is 7.05 Å². The van der Waals surface area contributed by atoms with Crippen LogP contribution in [-0.2, 0) is 23.1 Å². The Kier molecular flexibility index (Phi) is 4.25. The average Bonchev–Trinajstić information content (AvgIpc) is 2.85. The Labute approximate surface area is 111 Å². The molecule has 0 aliphatic heterocycles. The maximum absolute atomic E-state index is 11.8. The normalized spacial score (nSPS) is 12.1. The van der Waals surface area contributed by atoms with Gasteiger partial charge >= 0.3 is 5.97 Å². The minimum absolute atomic E-state index is 0.326. The summed E-state index contributed by atoms with van der Waals surface area (Å²) in [5, 5.41) is 7.11. The minimum atomic E-state index is -0.511. The Morgan fingerprint density at radius 1 is 1.42 bits per heavy atom. The number of benzene rings is 1. The van der Waals surface area contributed by atoms with Gasteiger partial charge in [-0.25, -0.2) is 9.78 Å². The first-order chi connectivity index (χ1) is 9.22. The molecule has 0 fully saturated rings. The van der Waals surface area contributed by atoms with Crippen molar-refractivity contribution in [2.75, 3.05) is 7.11 Å². The van der Waals surface area contributed by atoms with Crippen LogP contribution in [0.1, 0.15) is 17.4 Å². The monoisotopic (exact) mass is 260 g/mol. The van der Waals surface area contributed by atoms with Gasteiger partial charge in [0.1, 0.15) is 18.2 Å². The molecule has 0 bridgehead atoms.